The molecule has 98 valence electrons. The van der Waals surface area contributed by atoms with Gasteiger partial charge >= 0.3 is 5.97 Å². The van der Waals surface area contributed by atoms with E-state index in [2.05, 4.69) is 31.9 Å². The predicted molar refractivity (Wildman–Crippen MR) is 75.3 cm³/mol. The fourth-order valence-electron chi connectivity index (χ4n) is 1.66. The molecule has 1 unspecified atom stereocenters. The Morgan fingerprint density at radius 1 is 1.44 bits per heavy atom. The van der Waals surface area contributed by atoms with Crippen LogP contribution < -0.4 is 0 Å². The van der Waals surface area contributed by atoms with E-state index >= 15 is 0 Å². The highest BCUT2D eigenvalue weighted by Gasteiger charge is 2.26. The van der Waals surface area contributed by atoms with Crippen LogP contribution in [0, 0.1) is 0 Å². The third-order valence-electron chi connectivity index (χ3n) is 2.44. The molecule has 1 N–H and O–H groups in total. The van der Waals surface area contributed by atoms with E-state index in [0.29, 0.717) is 24.9 Å². The summed E-state index contributed by atoms with van der Waals surface area (Å²) < 4.78 is 1.59. The largest absolute Gasteiger partial charge is 0.479 e. The van der Waals surface area contributed by atoms with Crippen molar-refractivity contribution in [1.29, 1.82) is 0 Å². The highest BCUT2D eigenvalue weighted by Crippen LogP contribution is 2.28. The van der Waals surface area contributed by atoms with E-state index in [4.69, 9.17) is 0 Å². The van der Waals surface area contributed by atoms with Crippen molar-refractivity contribution in [2.24, 2.45) is 0 Å². The minimum absolute atomic E-state index is 0.411. The van der Waals surface area contributed by atoms with Gasteiger partial charge in [-0.05, 0) is 56.0 Å². The zero-order valence-corrected chi connectivity index (χ0v) is 12.9. The summed E-state index contributed by atoms with van der Waals surface area (Å²) in [7, 11) is 0. The molecular weight excluding hydrogens is 366 g/mol. The molecule has 0 aliphatic carbocycles. The first-order valence-electron chi connectivity index (χ1n) is 5.40. The average molecular weight is 379 g/mol. The molecule has 6 heteroatoms. The Kier molecular flexibility index (Phi) is 5.81. The van der Waals surface area contributed by atoms with E-state index in [1.54, 1.807) is 18.2 Å². The van der Waals surface area contributed by atoms with Crippen LogP contribution in [0.2, 0.25) is 0 Å². The van der Waals surface area contributed by atoms with Crippen LogP contribution in [0.5, 0.6) is 0 Å². The summed E-state index contributed by atoms with van der Waals surface area (Å²) in [6.07, 6.45) is 1.29. The van der Waals surface area contributed by atoms with Crippen LogP contribution in [0.25, 0.3) is 0 Å². The second-order valence-electron chi connectivity index (χ2n) is 3.76. The number of carbonyl (C=O) groups excluding carboxylic acids is 1. The van der Waals surface area contributed by atoms with Crippen molar-refractivity contribution >= 4 is 44.2 Å². The first-order valence-corrected chi connectivity index (χ1v) is 6.98. The number of carbonyl (C=O) groups is 2. The van der Waals surface area contributed by atoms with Crippen LogP contribution in [-0.4, -0.2) is 28.9 Å². The molecule has 4 nitrogen and oxygen atoms in total. The molecular formula is C12H13Br2NO3. The third kappa shape index (κ3) is 3.55. The van der Waals surface area contributed by atoms with Crippen molar-refractivity contribution in [2.75, 3.05) is 6.54 Å². The van der Waals surface area contributed by atoms with Gasteiger partial charge in [-0.2, -0.15) is 0 Å². The van der Waals surface area contributed by atoms with E-state index in [9.17, 15) is 14.7 Å². The zero-order chi connectivity index (χ0) is 13.7. The summed E-state index contributed by atoms with van der Waals surface area (Å²) in [5, 5.41) is 9.29. The molecule has 0 aliphatic heterocycles. The Balaban J connectivity index is 3.14. The molecule has 0 heterocycles. The fourth-order valence-corrected chi connectivity index (χ4v) is 2.30. The monoisotopic (exact) mass is 377 g/mol. The van der Waals surface area contributed by atoms with Crippen LogP contribution in [0.15, 0.2) is 27.1 Å². The number of benzene rings is 1. The van der Waals surface area contributed by atoms with Crippen LogP contribution in [0.3, 0.4) is 0 Å². The van der Waals surface area contributed by atoms with E-state index in [0.717, 1.165) is 8.95 Å². The number of amides is 1. The van der Waals surface area contributed by atoms with Crippen molar-refractivity contribution in [1.82, 2.24) is 4.90 Å². The number of hydrogen-bond donors (Lipinski definition) is 1. The Morgan fingerprint density at radius 2 is 2.11 bits per heavy atom. The molecule has 0 radical (unpaired) electrons. The second kappa shape index (κ2) is 6.89. The Hall–Kier alpha value is -0.880. The van der Waals surface area contributed by atoms with Gasteiger partial charge < -0.3 is 10.0 Å². The molecule has 0 saturated carbocycles. The van der Waals surface area contributed by atoms with Crippen LogP contribution in [0.1, 0.15) is 24.9 Å². The Bertz CT molecular complexity index is 451. The van der Waals surface area contributed by atoms with Gasteiger partial charge in [0.05, 0.1) is 0 Å². The standard InChI is InChI=1S/C12H13Br2NO3/c1-2-5-15(7-16)11(12(17)18)8-3-4-9(13)10(14)6-8/h3-4,6-7,11H,2,5H2,1H3,(H,17,18). The number of halogens is 2. The van der Waals surface area contributed by atoms with E-state index in [1.165, 1.54) is 4.90 Å². The second-order valence-corrected chi connectivity index (χ2v) is 5.47. The number of rotatable bonds is 6. The number of hydrogen-bond acceptors (Lipinski definition) is 2. The minimum atomic E-state index is -1.04. The summed E-state index contributed by atoms with van der Waals surface area (Å²) in [4.78, 5) is 23.6. The van der Waals surface area contributed by atoms with Gasteiger partial charge in [-0.3, -0.25) is 4.79 Å². The van der Waals surface area contributed by atoms with Crippen molar-refractivity contribution in [2.45, 2.75) is 19.4 Å². The lowest BCUT2D eigenvalue weighted by atomic mass is 10.1. The average Bonchev–Trinajstić information content (AvgIpc) is 2.32. The zero-order valence-electron chi connectivity index (χ0n) is 9.77. The van der Waals surface area contributed by atoms with Crippen molar-refractivity contribution < 1.29 is 14.7 Å². The lowest BCUT2D eigenvalue weighted by molar-refractivity contribution is -0.146. The van der Waals surface area contributed by atoms with E-state index in [1.807, 2.05) is 6.92 Å². The molecule has 1 atom stereocenters. The summed E-state index contributed by atoms with van der Waals surface area (Å²) in [5.41, 5.74) is 0.568. The number of carboxylic acids is 1. The summed E-state index contributed by atoms with van der Waals surface area (Å²) in [5.74, 6) is -1.04. The number of nitrogens with zero attached hydrogens (tertiary/aromatic N) is 1. The molecule has 0 bridgehead atoms. The number of carboxylic acid groups (broad SMARTS) is 1. The quantitative estimate of drug-likeness (QED) is 0.773. The normalized spacial score (nSPS) is 11.9. The molecule has 1 rings (SSSR count). The van der Waals surface area contributed by atoms with Crippen molar-refractivity contribution in [3.05, 3.63) is 32.7 Å². The van der Waals surface area contributed by atoms with Gasteiger partial charge in [0.2, 0.25) is 6.41 Å². The van der Waals surface area contributed by atoms with Crippen molar-refractivity contribution in [3.63, 3.8) is 0 Å². The Morgan fingerprint density at radius 3 is 2.56 bits per heavy atom. The topological polar surface area (TPSA) is 57.6 Å². The van der Waals surface area contributed by atoms with Gasteiger partial charge in [0.1, 0.15) is 0 Å². The maximum absolute atomic E-state index is 11.3. The van der Waals surface area contributed by atoms with Crippen LogP contribution in [-0.2, 0) is 9.59 Å². The number of aliphatic carboxylic acids is 1. The van der Waals surface area contributed by atoms with Crippen molar-refractivity contribution in [3.8, 4) is 0 Å². The molecule has 18 heavy (non-hydrogen) atoms. The highest BCUT2D eigenvalue weighted by molar-refractivity contribution is 9.13. The summed E-state index contributed by atoms with van der Waals surface area (Å²) >= 11 is 6.65. The van der Waals surface area contributed by atoms with Gasteiger partial charge in [-0.25, -0.2) is 4.79 Å². The Labute approximate surface area is 122 Å². The summed E-state index contributed by atoms with van der Waals surface area (Å²) in [6.45, 7) is 2.31. The first kappa shape index (κ1) is 15.2. The fraction of sp³-hybridized carbons (Fsp3) is 0.333. The van der Waals surface area contributed by atoms with Gasteiger partial charge in [-0.1, -0.05) is 13.0 Å². The molecule has 0 aliphatic rings. The van der Waals surface area contributed by atoms with Crippen LogP contribution >= 0.6 is 31.9 Å². The molecule has 0 saturated heterocycles. The first-order chi connectivity index (χ1) is 8.51. The predicted octanol–water partition coefficient (Wildman–Crippen LogP) is 3.21. The maximum Gasteiger partial charge on any atom is 0.331 e. The molecule has 1 aromatic rings. The van der Waals surface area contributed by atoms with Crippen LogP contribution in [0.4, 0.5) is 0 Å². The minimum Gasteiger partial charge on any atom is -0.479 e. The SMILES string of the molecule is CCCN(C=O)C(C(=O)O)c1ccc(Br)c(Br)c1. The molecule has 1 amide bonds. The van der Waals surface area contributed by atoms with Gasteiger partial charge in [0, 0.05) is 15.5 Å². The van der Waals surface area contributed by atoms with E-state index < -0.39 is 12.0 Å². The maximum atomic E-state index is 11.3. The third-order valence-corrected chi connectivity index (χ3v) is 4.32. The highest BCUT2D eigenvalue weighted by atomic mass is 79.9. The van der Waals surface area contributed by atoms with Gasteiger partial charge in [-0.15, -0.1) is 0 Å². The molecule has 1 aromatic carbocycles. The molecule has 0 spiro atoms. The molecule has 0 fully saturated rings. The smallest absolute Gasteiger partial charge is 0.331 e. The van der Waals surface area contributed by atoms with E-state index in [-0.39, 0.29) is 0 Å². The lowest BCUT2D eigenvalue weighted by Gasteiger charge is -2.25. The van der Waals surface area contributed by atoms with Gasteiger partial charge in [0.15, 0.2) is 6.04 Å². The summed E-state index contributed by atoms with van der Waals surface area (Å²) in [6, 6.07) is 4.20. The van der Waals surface area contributed by atoms with Gasteiger partial charge in [0.25, 0.3) is 0 Å². The lowest BCUT2D eigenvalue weighted by Crippen LogP contribution is -2.33. The molecule has 0 aromatic heterocycles.